The average molecular weight is 446 g/mol. The number of methoxy groups -OCH3 is 2. The topological polar surface area (TPSA) is 60.8 Å². The number of halogens is 5. The Morgan fingerprint density at radius 2 is 1.81 bits per heavy atom. The summed E-state index contributed by atoms with van der Waals surface area (Å²) in [5, 5.41) is 0. The summed E-state index contributed by atoms with van der Waals surface area (Å²) in [6, 6.07) is 4.57. The summed E-state index contributed by atoms with van der Waals surface area (Å²) in [5.74, 6) is -3.27. The molecule has 1 saturated heterocycles. The molecule has 2 unspecified atom stereocenters. The first-order valence-corrected chi connectivity index (χ1v) is 9.19. The van der Waals surface area contributed by atoms with E-state index in [9.17, 15) is 31.5 Å². The summed E-state index contributed by atoms with van der Waals surface area (Å²) in [7, 11) is 2.13. The van der Waals surface area contributed by atoms with E-state index in [1.54, 1.807) is 0 Å². The van der Waals surface area contributed by atoms with Crippen LogP contribution >= 0.6 is 0 Å². The second-order valence-corrected chi connectivity index (χ2v) is 7.03. The number of pyridine rings is 1. The number of nitrogens with zero attached hydrogens (tertiary/aromatic N) is 2. The number of anilines is 1. The molecule has 2 heterocycles. The van der Waals surface area contributed by atoms with Crippen LogP contribution in [0.3, 0.4) is 0 Å². The first-order valence-electron chi connectivity index (χ1n) is 9.19. The lowest BCUT2D eigenvalue weighted by molar-refractivity contribution is -0.216. The fourth-order valence-corrected chi connectivity index (χ4v) is 3.57. The summed E-state index contributed by atoms with van der Waals surface area (Å²) >= 11 is 0. The number of ether oxygens (including phenoxy) is 2. The summed E-state index contributed by atoms with van der Waals surface area (Å²) in [5.41, 5.74) is -1.34. The normalized spacial score (nSPS) is 17.8. The summed E-state index contributed by atoms with van der Waals surface area (Å²) < 4.78 is 77.8. The van der Waals surface area contributed by atoms with Gasteiger partial charge in [0.1, 0.15) is 23.1 Å². The van der Waals surface area contributed by atoms with E-state index in [1.165, 1.54) is 19.2 Å². The molecule has 31 heavy (non-hydrogen) atoms. The zero-order valence-electron chi connectivity index (χ0n) is 16.6. The molecule has 168 valence electrons. The molecule has 1 aromatic heterocycles. The molecule has 1 fully saturated rings. The Labute approximate surface area is 173 Å². The van der Waals surface area contributed by atoms with Crippen LogP contribution in [0.25, 0.3) is 0 Å². The second kappa shape index (κ2) is 8.66. The average Bonchev–Trinajstić information content (AvgIpc) is 3.06. The zero-order chi connectivity index (χ0) is 22.9. The number of alkyl halides is 3. The molecule has 1 amide bonds. The largest absolute Gasteiger partial charge is 0.497 e. The molecule has 0 N–H and O–H groups in total. The van der Waals surface area contributed by atoms with E-state index in [-0.39, 0.29) is 30.0 Å². The Bertz CT molecular complexity index is 1010. The third kappa shape index (κ3) is 4.55. The first kappa shape index (κ1) is 22.7. The Morgan fingerprint density at radius 1 is 1.16 bits per heavy atom. The zero-order valence-corrected chi connectivity index (χ0v) is 16.6. The summed E-state index contributed by atoms with van der Waals surface area (Å²) in [4.78, 5) is 26.3. The van der Waals surface area contributed by atoms with Gasteiger partial charge in [0.15, 0.2) is 6.10 Å². The van der Waals surface area contributed by atoms with Gasteiger partial charge in [0, 0.05) is 49.9 Å². The summed E-state index contributed by atoms with van der Waals surface area (Å²) in [6.07, 6.45) is -6.03. The highest BCUT2D eigenvalue weighted by Gasteiger charge is 2.41. The van der Waals surface area contributed by atoms with Crippen LogP contribution < -0.4 is 15.2 Å². The van der Waals surface area contributed by atoms with E-state index in [2.05, 4.69) is 4.74 Å². The lowest BCUT2D eigenvalue weighted by atomic mass is 9.97. The predicted octanol–water partition coefficient (Wildman–Crippen LogP) is 3.23. The van der Waals surface area contributed by atoms with Gasteiger partial charge in [-0.05, 0) is 12.1 Å². The molecule has 3 rings (SSSR count). The number of hydrogen-bond acceptors (Lipinski definition) is 4. The Morgan fingerprint density at radius 3 is 2.35 bits per heavy atom. The predicted molar refractivity (Wildman–Crippen MR) is 100 cm³/mol. The van der Waals surface area contributed by atoms with Crippen molar-refractivity contribution in [3.05, 3.63) is 58.0 Å². The van der Waals surface area contributed by atoms with Crippen molar-refractivity contribution < 1.29 is 36.2 Å². The van der Waals surface area contributed by atoms with Crippen molar-refractivity contribution >= 4 is 11.6 Å². The maximum atomic E-state index is 14.4. The van der Waals surface area contributed by atoms with E-state index in [1.807, 2.05) is 0 Å². The number of carbonyl (C=O) groups is 1. The van der Waals surface area contributed by atoms with Crippen LogP contribution in [0.4, 0.5) is 27.6 Å². The van der Waals surface area contributed by atoms with Crippen LogP contribution in [-0.2, 0) is 16.1 Å². The van der Waals surface area contributed by atoms with E-state index in [4.69, 9.17) is 4.74 Å². The van der Waals surface area contributed by atoms with Crippen molar-refractivity contribution in [3.8, 4) is 5.75 Å². The number of amides is 1. The molecule has 6 nitrogen and oxygen atoms in total. The van der Waals surface area contributed by atoms with Crippen LogP contribution in [0, 0.1) is 11.6 Å². The van der Waals surface area contributed by atoms with Gasteiger partial charge in [-0.1, -0.05) is 0 Å². The van der Waals surface area contributed by atoms with Crippen molar-refractivity contribution in [2.45, 2.75) is 31.2 Å². The van der Waals surface area contributed by atoms with Crippen molar-refractivity contribution in [2.24, 2.45) is 0 Å². The molecule has 11 heteroatoms. The number of carbonyl (C=O) groups excluding carboxylic acids is 1. The minimum Gasteiger partial charge on any atom is -0.497 e. The van der Waals surface area contributed by atoms with Crippen LogP contribution in [-0.4, -0.2) is 43.5 Å². The highest BCUT2D eigenvalue weighted by atomic mass is 19.4. The maximum absolute atomic E-state index is 14.4. The van der Waals surface area contributed by atoms with Gasteiger partial charge in [-0.15, -0.1) is 0 Å². The van der Waals surface area contributed by atoms with E-state index >= 15 is 0 Å². The third-order valence-corrected chi connectivity index (χ3v) is 5.12. The Kier molecular flexibility index (Phi) is 6.35. The van der Waals surface area contributed by atoms with Gasteiger partial charge in [0.2, 0.25) is 5.91 Å². The lowest BCUT2D eigenvalue weighted by Gasteiger charge is -2.21. The first-order chi connectivity index (χ1) is 14.6. The van der Waals surface area contributed by atoms with Gasteiger partial charge in [-0.25, -0.2) is 8.78 Å². The standard InChI is InChI=1S/C20H19F5N2O4/c1-30-12-7-13(21)18(14(22)8-12)11-6-17(28)27(9-11)15-4-3-5-26(19(15)29)10-16(31-2)20(23,24)25/h3-5,7-8,11,16H,6,9-10H2,1-2H3. The molecule has 2 aromatic rings. The van der Waals surface area contributed by atoms with Crippen LogP contribution in [0.5, 0.6) is 5.75 Å². The third-order valence-electron chi connectivity index (χ3n) is 5.12. The van der Waals surface area contributed by atoms with Gasteiger partial charge in [-0.3, -0.25) is 9.59 Å². The second-order valence-electron chi connectivity index (χ2n) is 7.03. The number of rotatable bonds is 6. The van der Waals surface area contributed by atoms with Crippen molar-refractivity contribution in [2.75, 3.05) is 25.7 Å². The molecule has 0 radical (unpaired) electrons. The Hall–Kier alpha value is -2.95. The highest BCUT2D eigenvalue weighted by Crippen LogP contribution is 2.35. The molecule has 0 aliphatic carbocycles. The van der Waals surface area contributed by atoms with E-state index < -0.39 is 47.8 Å². The number of hydrogen-bond donors (Lipinski definition) is 0. The summed E-state index contributed by atoms with van der Waals surface area (Å²) in [6.45, 7) is -1.01. The molecule has 1 aromatic carbocycles. The quantitative estimate of drug-likeness (QED) is 0.640. The van der Waals surface area contributed by atoms with Gasteiger partial charge < -0.3 is 18.9 Å². The number of benzene rings is 1. The fraction of sp³-hybridized carbons (Fsp3) is 0.400. The molecular formula is C20H19F5N2O4. The van der Waals surface area contributed by atoms with Gasteiger partial charge >= 0.3 is 6.18 Å². The molecule has 2 atom stereocenters. The van der Waals surface area contributed by atoms with E-state index in [0.717, 1.165) is 34.9 Å². The van der Waals surface area contributed by atoms with E-state index in [0.29, 0.717) is 0 Å². The lowest BCUT2D eigenvalue weighted by Crippen LogP contribution is -2.39. The van der Waals surface area contributed by atoms with Crippen molar-refractivity contribution in [3.63, 3.8) is 0 Å². The minimum absolute atomic E-state index is 0.0248. The minimum atomic E-state index is -4.69. The Balaban J connectivity index is 1.90. The smallest absolute Gasteiger partial charge is 0.416 e. The van der Waals surface area contributed by atoms with Crippen molar-refractivity contribution in [1.82, 2.24) is 4.57 Å². The SMILES string of the molecule is COc1cc(F)c(C2CC(=O)N(c3cccn(CC(OC)C(F)(F)F)c3=O)C2)c(F)c1. The van der Waals surface area contributed by atoms with Crippen LogP contribution in [0.2, 0.25) is 0 Å². The van der Waals surface area contributed by atoms with Gasteiger partial charge in [-0.2, -0.15) is 13.2 Å². The van der Waals surface area contributed by atoms with Crippen molar-refractivity contribution in [1.29, 1.82) is 0 Å². The molecule has 1 aliphatic heterocycles. The maximum Gasteiger partial charge on any atom is 0.416 e. The molecule has 0 saturated carbocycles. The van der Waals surface area contributed by atoms with Crippen LogP contribution in [0.1, 0.15) is 17.9 Å². The molecule has 1 aliphatic rings. The monoisotopic (exact) mass is 446 g/mol. The fourth-order valence-electron chi connectivity index (χ4n) is 3.57. The number of aromatic nitrogens is 1. The van der Waals surface area contributed by atoms with Gasteiger partial charge in [0.25, 0.3) is 5.56 Å². The highest BCUT2D eigenvalue weighted by molar-refractivity contribution is 5.96. The molecule has 0 spiro atoms. The van der Waals surface area contributed by atoms with Gasteiger partial charge in [0.05, 0.1) is 13.7 Å². The molecular weight excluding hydrogens is 427 g/mol. The van der Waals surface area contributed by atoms with Crippen LogP contribution in [0.15, 0.2) is 35.3 Å². The molecule has 0 bridgehead atoms.